The summed E-state index contributed by atoms with van der Waals surface area (Å²) in [7, 11) is 2.91. The first kappa shape index (κ1) is 20.9. The minimum absolute atomic E-state index is 0.381. The summed E-state index contributed by atoms with van der Waals surface area (Å²) in [5.74, 6) is 1.08. The molecular weight excluding hydrogens is 466 g/mol. The molecule has 1 aliphatic rings. The largest absolute Gasteiger partial charge is 0.493 e. The number of carbonyl (C=O) groups excluding carboxylic acids is 1. The number of esters is 1. The monoisotopic (exact) mass is 485 g/mol. The topological polar surface area (TPSA) is 100 Å². The number of halogens is 1. The van der Waals surface area contributed by atoms with Crippen LogP contribution in [0.2, 0.25) is 0 Å². The first-order valence-corrected chi connectivity index (χ1v) is 10.2. The molecule has 3 aromatic rings. The van der Waals surface area contributed by atoms with Gasteiger partial charge in [-0.1, -0.05) is 39.2 Å². The lowest BCUT2D eigenvalue weighted by atomic mass is 9.95. The molecule has 1 N–H and O–H groups in total. The molecule has 0 saturated carbocycles. The molecule has 1 aromatic heterocycles. The zero-order valence-electron chi connectivity index (χ0n) is 17.1. The number of hydrogen-bond acceptors (Lipinski definition) is 8. The van der Waals surface area contributed by atoms with E-state index in [4.69, 9.17) is 14.2 Å². The van der Waals surface area contributed by atoms with Crippen molar-refractivity contribution in [2.75, 3.05) is 19.5 Å². The van der Waals surface area contributed by atoms with Crippen LogP contribution in [-0.4, -0.2) is 40.4 Å². The van der Waals surface area contributed by atoms with Crippen LogP contribution in [0.25, 0.3) is 0 Å². The molecule has 160 valence electrons. The molecule has 2 heterocycles. The molecule has 31 heavy (non-hydrogen) atoms. The van der Waals surface area contributed by atoms with E-state index < -0.39 is 12.0 Å². The zero-order valence-corrected chi connectivity index (χ0v) is 18.7. The fraction of sp³-hybridized carbons (Fsp3) is 0.238. The Morgan fingerprint density at radius 1 is 1.19 bits per heavy atom. The van der Waals surface area contributed by atoms with Crippen molar-refractivity contribution < 1.29 is 19.0 Å². The van der Waals surface area contributed by atoms with E-state index in [0.29, 0.717) is 35.3 Å². The summed E-state index contributed by atoms with van der Waals surface area (Å²) in [5.41, 5.74) is 2.80. The van der Waals surface area contributed by atoms with Gasteiger partial charge in [-0.3, -0.25) is 0 Å². The number of tetrazole rings is 1. The molecule has 4 rings (SSSR count). The molecule has 0 bridgehead atoms. The third-order valence-electron chi connectivity index (χ3n) is 4.91. The van der Waals surface area contributed by atoms with Gasteiger partial charge in [0.15, 0.2) is 11.5 Å². The van der Waals surface area contributed by atoms with Crippen molar-refractivity contribution >= 4 is 27.8 Å². The van der Waals surface area contributed by atoms with Crippen LogP contribution in [-0.2, 0) is 16.1 Å². The fourth-order valence-electron chi connectivity index (χ4n) is 3.46. The molecule has 0 amide bonds. The van der Waals surface area contributed by atoms with Crippen LogP contribution < -0.4 is 14.8 Å². The van der Waals surface area contributed by atoms with Crippen LogP contribution in [0.4, 0.5) is 5.95 Å². The Hall–Kier alpha value is -3.40. The predicted octanol–water partition coefficient (Wildman–Crippen LogP) is 3.49. The van der Waals surface area contributed by atoms with Gasteiger partial charge in [-0.2, -0.15) is 4.68 Å². The third kappa shape index (κ3) is 4.11. The lowest BCUT2D eigenvalue weighted by Gasteiger charge is -2.27. The molecule has 0 saturated heterocycles. The maximum atomic E-state index is 12.5. The van der Waals surface area contributed by atoms with E-state index in [9.17, 15) is 4.79 Å². The normalized spacial score (nSPS) is 15.2. The number of allylic oxidation sites excluding steroid dienone is 1. The summed E-state index contributed by atoms with van der Waals surface area (Å²) in [6, 6.07) is 12.8. The van der Waals surface area contributed by atoms with Gasteiger partial charge in [-0.25, -0.2) is 4.79 Å². The van der Waals surface area contributed by atoms with Crippen molar-refractivity contribution in [1.29, 1.82) is 0 Å². The Morgan fingerprint density at radius 2 is 2.03 bits per heavy atom. The lowest BCUT2D eigenvalue weighted by molar-refractivity contribution is -0.136. The van der Waals surface area contributed by atoms with Gasteiger partial charge in [-0.05, 0) is 52.7 Å². The number of anilines is 1. The summed E-state index contributed by atoms with van der Waals surface area (Å²) >= 11 is 3.46. The van der Waals surface area contributed by atoms with Gasteiger partial charge in [-0.15, -0.1) is 0 Å². The number of carbonyl (C=O) groups is 1. The maximum Gasteiger partial charge on any atom is 0.338 e. The highest BCUT2D eigenvalue weighted by molar-refractivity contribution is 9.10. The number of rotatable bonds is 6. The number of methoxy groups -OCH3 is 2. The van der Waals surface area contributed by atoms with Crippen molar-refractivity contribution in [1.82, 2.24) is 20.2 Å². The van der Waals surface area contributed by atoms with E-state index in [1.807, 2.05) is 42.5 Å². The molecule has 1 unspecified atom stereocenters. The second kappa shape index (κ2) is 8.76. The second-order valence-electron chi connectivity index (χ2n) is 6.83. The summed E-state index contributed by atoms with van der Waals surface area (Å²) < 4.78 is 19.1. The van der Waals surface area contributed by atoms with E-state index >= 15 is 0 Å². The average Bonchev–Trinajstić information content (AvgIpc) is 3.24. The van der Waals surface area contributed by atoms with Crippen LogP contribution in [0.1, 0.15) is 24.1 Å². The van der Waals surface area contributed by atoms with Crippen molar-refractivity contribution in [2.24, 2.45) is 0 Å². The van der Waals surface area contributed by atoms with Gasteiger partial charge in [0.1, 0.15) is 12.6 Å². The highest BCUT2D eigenvalue weighted by Crippen LogP contribution is 2.38. The Kier molecular flexibility index (Phi) is 5.90. The van der Waals surface area contributed by atoms with E-state index in [2.05, 4.69) is 36.8 Å². The smallest absolute Gasteiger partial charge is 0.338 e. The van der Waals surface area contributed by atoms with Crippen molar-refractivity contribution in [3.63, 3.8) is 0 Å². The Balaban J connectivity index is 1.68. The summed E-state index contributed by atoms with van der Waals surface area (Å²) in [6.07, 6.45) is 0. The van der Waals surface area contributed by atoms with Crippen LogP contribution in [0.5, 0.6) is 11.5 Å². The second-order valence-corrected chi connectivity index (χ2v) is 7.75. The highest BCUT2D eigenvalue weighted by Gasteiger charge is 2.35. The Bertz CT molecular complexity index is 1160. The summed E-state index contributed by atoms with van der Waals surface area (Å²) in [6.45, 7) is 2.16. The number of hydrogen-bond donors (Lipinski definition) is 1. The number of nitrogens with one attached hydrogen (secondary N) is 1. The molecule has 1 aliphatic heterocycles. The standard InChI is InChI=1S/C21H20BrN5O4/c1-12-18(20(28)30-3)19(27-21(23-12)24-25-26-27)14-7-8-16(17(10-14)29-2)31-11-13-5-4-6-15(22)9-13/h4-10,19H,11H2,1-3H3,(H,23,24,26). The quantitative estimate of drug-likeness (QED) is 0.529. The van der Waals surface area contributed by atoms with Gasteiger partial charge < -0.3 is 19.5 Å². The molecule has 0 fully saturated rings. The molecule has 2 aromatic carbocycles. The molecule has 1 atom stereocenters. The van der Waals surface area contributed by atoms with Crippen LogP contribution >= 0.6 is 15.9 Å². The minimum Gasteiger partial charge on any atom is -0.493 e. The average molecular weight is 486 g/mol. The fourth-order valence-corrected chi connectivity index (χ4v) is 3.90. The summed E-state index contributed by atoms with van der Waals surface area (Å²) in [5, 5.41) is 14.8. The van der Waals surface area contributed by atoms with Crippen molar-refractivity contribution in [2.45, 2.75) is 19.6 Å². The zero-order chi connectivity index (χ0) is 22.0. The minimum atomic E-state index is -0.577. The van der Waals surface area contributed by atoms with Crippen LogP contribution in [0, 0.1) is 0 Å². The van der Waals surface area contributed by atoms with Crippen molar-refractivity contribution in [3.8, 4) is 11.5 Å². The molecule has 0 radical (unpaired) electrons. The predicted molar refractivity (Wildman–Crippen MR) is 116 cm³/mol. The number of ether oxygens (including phenoxy) is 3. The Labute approximate surface area is 187 Å². The highest BCUT2D eigenvalue weighted by atomic mass is 79.9. The summed E-state index contributed by atoms with van der Waals surface area (Å²) in [4.78, 5) is 12.5. The Morgan fingerprint density at radius 3 is 2.77 bits per heavy atom. The van der Waals surface area contributed by atoms with E-state index in [0.717, 1.165) is 15.6 Å². The lowest BCUT2D eigenvalue weighted by Crippen LogP contribution is -2.29. The van der Waals surface area contributed by atoms with Gasteiger partial charge in [0.2, 0.25) is 5.95 Å². The molecule has 10 heteroatoms. The van der Waals surface area contributed by atoms with Crippen molar-refractivity contribution in [3.05, 3.63) is 69.3 Å². The molecular formula is C21H20BrN5O4. The molecule has 0 spiro atoms. The first-order valence-electron chi connectivity index (χ1n) is 9.41. The van der Waals surface area contributed by atoms with Gasteiger partial charge in [0.25, 0.3) is 0 Å². The molecule has 9 nitrogen and oxygen atoms in total. The number of aromatic nitrogens is 4. The number of benzene rings is 2. The number of fused-ring (bicyclic) bond motifs is 1. The van der Waals surface area contributed by atoms with E-state index in [-0.39, 0.29) is 0 Å². The third-order valence-corrected chi connectivity index (χ3v) is 5.40. The van der Waals surface area contributed by atoms with Gasteiger partial charge in [0, 0.05) is 10.2 Å². The molecule has 0 aliphatic carbocycles. The van der Waals surface area contributed by atoms with E-state index in [1.54, 1.807) is 14.0 Å². The van der Waals surface area contributed by atoms with Gasteiger partial charge in [0.05, 0.1) is 19.8 Å². The number of nitrogens with zero attached hydrogens (tertiary/aromatic N) is 4. The van der Waals surface area contributed by atoms with Crippen LogP contribution in [0.3, 0.4) is 0 Å². The van der Waals surface area contributed by atoms with Gasteiger partial charge >= 0.3 is 5.97 Å². The van der Waals surface area contributed by atoms with Crippen LogP contribution in [0.15, 0.2) is 58.2 Å². The first-order chi connectivity index (χ1) is 15.0. The maximum absolute atomic E-state index is 12.5. The SMILES string of the molecule is COC(=O)C1=C(C)Nc2nnnn2C1c1ccc(OCc2cccc(Br)c2)c(OC)c1. The van der Waals surface area contributed by atoms with E-state index in [1.165, 1.54) is 11.8 Å².